The molecule has 1 aliphatic heterocycles. The molecule has 0 aromatic heterocycles. The van der Waals surface area contributed by atoms with E-state index in [1.54, 1.807) is 0 Å². The molecule has 13 heavy (non-hydrogen) atoms. The first-order chi connectivity index (χ1) is 6.33. The standard InChI is InChI=1S/C9H16BrNO2/c10-5-3-9(12)11-6-4-8-2-1-7-13-8/h8H,1-7H2,(H,11,12). The van der Waals surface area contributed by atoms with Crippen molar-refractivity contribution < 1.29 is 9.53 Å². The summed E-state index contributed by atoms with van der Waals surface area (Å²) < 4.78 is 5.43. The molecule has 1 heterocycles. The van der Waals surface area contributed by atoms with E-state index in [0.717, 1.165) is 31.3 Å². The molecule has 4 heteroatoms. The van der Waals surface area contributed by atoms with Gasteiger partial charge in [-0.3, -0.25) is 4.79 Å². The zero-order chi connectivity index (χ0) is 9.52. The van der Waals surface area contributed by atoms with Gasteiger partial charge in [0.1, 0.15) is 0 Å². The predicted molar refractivity (Wildman–Crippen MR) is 55.0 cm³/mol. The lowest BCUT2D eigenvalue weighted by Crippen LogP contribution is -2.26. The van der Waals surface area contributed by atoms with Gasteiger partial charge in [-0.05, 0) is 19.3 Å². The molecule has 0 radical (unpaired) electrons. The highest BCUT2D eigenvalue weighted by molar-refractivity contribution is 9.09. The molecule has 1 fully saturated rings. The summed E-state index contributed by atoms with van der Waals surface area (Å²) in [6.07, 6.45) is 4.21. The van der Waals surface area contributed by atoms with E-state index in [-0.39, 0.29) is 5.91 Å². The summed E-state index contributed by atoms with van der Waals surface area (Å²) in [5, 5.41) is 3.60. The third kappa shape index (κ3) is 4.62. The van der Waals surface area contributed by atoms with Crippen LogP contribution in [-0.2, 0) is 9.53 Å². The van der Waals surface area contributed by atoms with Crippen molar-refractivity contribution in [2.75, 3.05) is 18.5 Å². The Hall–Kier alpha value is -0.0900. The van der Waals surface area contributed by atoms with Crippen molar-refractivity contribution in [3.05, 3.63) is 0 Å². The van der Waals surface area contributed by atoms with Crippen LogP contribution in [0.5, 0.6) is 0 Å². The van der Waals surface area contributed by atoms with Crippen LogP contribution < -0.4 is 5.32 Å². The Labute approximate surface area is 87.3 Å². The molecule has 0 spiro atoms. The first-order valence-electron chi connectivity index (χ1n) is 4.77. The number of ether oxygens (including phenoxy) is 1. The summed E-state index contributed by atoms with van der Waals surface area (Å²) in [5.41, 5.74) is 0. The Balaban J connectivity index is 1.96. The zero-order valence-electron chi connectivity index (χ0n) is 7.72. The van der Waals surface area contributed by atoms with Crippen molar-refractivity contribution in [2.45, 2.75) is 31.8 Å². The van der Waals surface area contributed by atoms with Gasteiger partial charge >= 0.3 is 0 Å². The normalized spacial score (nSPS) is 21.8. The van der Waals surface area contributed by atoms with Crippen LogP contribution in [0, 0.1) is 0 Å². The average molecular weight is 250 g/mol. The van der Waals surface area contributed by atoms with E-state index >= 15 is 0 Å². The highest BCUT2D eigenvalue weighted by Crippen LogP contribution is 2.14. The minimum Gasteiger partial charge on any atom is -0.378 e. The van der Waals surface area contributed by atoms with E-state index in [1.807, 2.05) is 0 Å². The number of hydrogen-bond acceptors (Lipinski definition) is 2. The molecule has 1 atom stereocenters. The molecule has 0 aromatic rings. The maximum absolute atomic E-state index is 11.0. The smallest absolute Gasteiger partial charge is 0.220 e. The lowest BCUT2D eigenvalue weighted by molar-refractivity contribution is -0.120. The van der Waals surface area contributed by atoms with Gasteiger partial charge in [0.15, 0.2) is 0 Å². The van der Waals surface area contributed by atoms with Gasteiger partial charge in [-0.1, -0.05) is 15.9 Å². The number of carbonyl (C=O) groups excluding carboxylic acids is 1. The molecule has 0 saturated carbocycles. The van der Waals surface area contributed by atoms with Crippen LogP contribution >= 0.6 is 15.9 Å². The van der Waals surface area contributed by atoms with Gasteiger partial charge in [0.25, 0.3) is 0 Å². The molecule has 1 N–H and O–H groups in total. The number of halogens is 1. The van der Waals surface area contributed by atoms with Gasteiger partial charge in [0.2, 0.25) is 5.91 Å². The molecule has 1 amide bonds. The Morgan fingerprint density at radius 2 is 2.46 bits per heavy atom. The second kappa shape index (κ2) is 6.38. The van der Waals surface area contributed by atoms with Crippen LogP contribution in [-0.4, -0.2) is 30.5 Å². The fourth-order valence-corrected chi connectivity index (χ4v) is 1.78. The van der Waals surface area contributed by atoms with Crippen molar-refractivity contribution in [3.8, 4) is 0 Å². The SMILES string of the molecule is O=C(CCBr)NCCC1CCCO1. The topological polar surface area (TPSA) is 38.3 Å². The summed E-state index contributed by atoms with van der Waals surface area (Å²) in [6, 6.07) is 0. The lowest BCUT2D eigenvalue weighted by atomic mass is 10.2. The molecule has 76 valence electrons. The van der Waals surface area contributed by atoms with Gasteiger partial charge in [0.05, 0.1) is 6.10 Å². The van der Waals surface area contributed by atoms with Crippen molar-refractivity contribution in [2.24, 2.45) is 0 Å². The summed E-state index contributed by atoms with van der Waals surface area (Å²) in [5.74, 6) is 0.120. The van der Waals surface area contributed by atoms with Gasteiger partial charge < -0.3 is 10.1 Å². The van der Waals surface area contributed by atoms with Gasteiger partial charge in [0, 0.05) is 24.9 Å². The Bertz CT molecular complexity index is 158. The first kappa shape index (κ1) is 11.0. The molecule has 0 aromatic carbocycles. The van der Waals surface area contributed by atoms with Crippen LogP contribution in [0.3, 0.4) is 0 Å². The number of nitrogens with one attached hydrogen (secondary N) is 1. The molecule has 1 aliphatic rings. The highest BCUT2D eigenvalue weighted by Gasteiger charge is 2.14. The van der Waals surface area contributed by atoms with Gasteiger partial charge in [-0.15, -0.1) is 0 Å². The van der Waals surface area contributed by atoms with Crippen LogP contribution in [0.2, 0.25) is 0 Å². The molecule has 0 aliphatic carbocycles. The quantitative estimate of drug-likeness (QED) is 0.750. The van der Waals surface area contributed by atoms with Crippen LogP contribution in [0.1, 0.15) is 25.7 Å². The summed E-state index contributed by atoms with van der Waals surface area (Å²) >= 11 is 3.22. The fourth-order valence-electron chi connectivity index (χ4n) is 1.42. The van der Waals surface area contributed by atoms with Crippen LogP contribution in [0.4, 0.5) is 0 Å². The highest BCUT2D eigenvalue weighted by atomic mass is 79.9. The molecule has 0 bridgehead atoms. The van der Waals surface area contributed by atoms with Crippen molar-refractivity contribution in [1.82, 2.24) is 5.32 Å². The molecular formula is C9H16BrNO2. The number of rotatable bonds is 5. The number of alkyl halides is 1. The van der Waals surface area contributed by atoms with Crippen LogP contribution in [0.15, 0.2) is 0 Å². The summed E-state index contributed by atoms with van der Waals surface area (Å²) in [6.45, 7) is 1.64. The third-order valence-corrected chi connectivity index (χ3v) is 2.53. The fraction of sp³-hybridized carbons (Fsp3) is 0.889. The van der Waals surface area contributed by atoms with E-state index in [9.17, 15) is 4.79 Å². The average Bonchev–Trinajstić information content (AvgIpc) is 2.57. The van der Waals surface area contributed by atoms with E-state index in [2.05, 4.69) is 21.2 Å². The number of carbonyl (C=O) groups is 1. The Kier molecular flexibility index (Phi) is 5.39. The first-order valence-corrected chi connectivity index (χ1v) is 5.89. The number of hydrogen-bond donors (Lipinski definition) is 1. The van der Waals surface area contributed by atoms with Crippen molar-refractivity contribution in [1.29, 1.82) is 0 Å². The molecule has 1 saturated heterocycles. The monoisotopic (exact) mass is 249 g/mol. The molecule has 1 rings (SSSR count). The van der Waals surface area contributed by atoms with E-state index in [1.165, 1.54) is 6.42 Å². The summed E-state index contributed by atoms with van der Waals surface area (Å²) in [7, 11) is 0. The summed E-state index contributed by atoms with van der Waals surface area (Å²) in [4.78, 5) is 11.0. The van der Waals surface area contributed by atoms with E-state index < -0.39 is 0 Å². The second-order valence-electron chi connectivity index (χ2n) is 3.21. The van der Waals surface area contributed by atoms with Crippen molar-refractivity contribution in [3.63, 3.8) is 0 Å². The maximum Gasteiger partial charge on any atom is 0.220 e. The van der Waals surface area contributed by atoms with E-state index in [0.29, 0.717) is 12.5 Å². The number of amides is 1. The molecule has 1 unspecified atom stereocenters. The molecule has 3 nitrogen and oxygen atoms in total. The van der Waals surface area contributed by atoms with Gasteiger partial charge in [-0.2, -0.15) is 0 Å². The maximum atomic E-state index is 11.0. The van der Waals surface area contributed by atoms with Gasteiger partial charge in [-0.25, -0.2) is 0 Å². The van der Waals surface area contributed by atoms with E-state index in [4.69, 9.17) is 4.74 Å². The second-order valence-corrected chi connectivity index (χ2v) is 4.01. The Morgan fingerprint density at radius 3 is 3.08 bits per heavy atom. The predicted octanol–water partition coefficient (Wildman–Crippen LogP) is 1.46. The minimum absolute atomic E-state index is 0.120. The van der Waals surface area contributed by atoms with Crippen LogP contribution in [0.25, 0.3) is 0 Å². The lowest BCUT2D eigenvalue weighted by Gasteiger charge is -2.09. The molecular weight excluding hydrogens is 234 g/mol. The Morgan fingerprint density at radius 1 is 1.62 bits per heavy atom. The zero-order valence-corrected chi connectivity index (χ0v) is 9.31. The van der Waals surface area contributed by atoms with Crippen molar-refractivity contribution >= 4 is 21.8 Å². The third-order valence-electron chi connectivity index (χ3n) is 2.13. The largest absolute Gasteiger partial charge is 0.378 e. The minimum atomic E-state index is 0.120.